The largest absolute Gasteiger partial charge is 0.306 e. The van der Waals surface area contributed by atoms with E-state index < -0.39 is 0 Å². The van der Waals surface area contributed by atoms with Gasteiger partial charge in [0.2, 0.25) is 0 Å². The van der Waals surface area contributed by atoms with Gasteiger partial charge in [-0.25, -0.2) is 0 Å². The third-order valence-electron chi connectivity index (χ3n) is 3.94. The monoisotopic (exact) mass is 304 g/mol. The van der Waals surface area contributed by atoms with Gasteiger partial charge in [0, 0.05) is 17.8 Å². The van der Waals surface area contributed by atoms with Crippen molar-refractivity contribution in [1.29, 1.82) is 0 Å². The maximum absolute atomic E-state index is 12.9. The van der Waals surface area contributed by atoms with Crippen LogP contribution in [0.4, 0.5) is 5.82 Å². The molecule has 0 bridgehead atoms. The van der Waals surface area contributed by atoms with Crippen LogP contribution in [-0.2, 0) is 0 Å². The molecular weight excluding hydrogens is 284 g/mol. The molecule has 1 fully saturated rings. The summed E-state index contributed by atoms with van der Waals surface area (Å²) < 4.78 is 0. The number of likely N-dealkylation sites (tertiary alicyclic amines) is 1. The number of amides is 1. The quantitative estimate of drug-likeness (QED) is 0.948. The number of aromatic nitrogens is 2. The topological polar surface area (TPSA) is 52.2 Å². The van der Waals surface area contributed by atoms with E-state index in [1.165, 1.54) is 11.3 Å². The highest BCUT2D eigenvalue weighted by Crippen LogP contribution is 2.25. The molecule has 3 heterocycles. The van der Waals surface area contributed by atoms with Crippen molar-refractivity contribution >= 4 is 23.1 Å². The fourth-order valence-corrected chi connectivity index (χ4v) is 3.42. The molecule has 0 aromatic carbocycles. The molecule has 21 heavy (non-hydrogen) atoms. The molecule has 0 saturated carbocycles. The minimum atomic E-state index is 0.0612. The average Bonchev–Trinajstić information content (AvgIpc) is 3.13. The molecule has 1 aliphatic heterocycles. The van der Waals surface area contributed by atoms with Gasteiger partial charge < -0.3 is 4.90 Å². The number of carbonyl (C=O) groups excluding carboxylic acids is 1. The van der Waals surface area contributed by atoms with Crippen LogP contribution in [0.3, 0.4) is 0 Å². The lowest BCUT2D eigenvalue weighted by Crippen LogP contribution is -2.46. The van der Waals surface area contributed by atoms with Crippen molar-refractivity contribution in [2.75, 3.05) is 25.0 Å². The fourth-order valence-electron chi connectivity index (χ4n) is 2.76. The molecule has 0 atom stereocenters. The van der Waals surface area contributed by atoms with E-state index in [4.69, 9.17) is 0 Å². The number of nitrogens with zero attached hydrogens (tertiary/aromatic N) is 3. The molecule has 112 valence electrons. The number of anilines is 1. The Kier molecular flexibility index (Phi) is 4.07. The first kappa shape index (κ1) is 14.3. The molecule has 0 spiro atoms. The van der Waals surface area contributed by atoms with Gasteiger partial charge in [-0.1, -0.05) is 6.07 Å². The van der Waals surface area contributed by atoms with Crippen molar-refractivity contribution in [2.24, 2.45) is 0 Å². The Labute approximate surface area is 128 Å². The van der Waals surface area contributed by atoms with Crippen molar-refractivity contribution in [2.45, 2.75) is 25.8 Å². The number of carbonyl (C=O) groups is 1. The van der Waals surface area contributed by atoms with E-state index in [0.717, 1.165) is 42.3 Å². The summed E-state index contributed by atoms with van der Waals surface area (Å²) in [4.78, 5) is 17.8. The molecule has 2 aromatic rings. The van der Waals surface area contributed by atoms with Crippen LogP contribution in [0.15, 0.2) is 23.6 Å². The Morgan fingerprint density at radius 2 is 2.24 bits per heavy atom. The third-order valence-corrected chi connectivity index (χ3v) is 4.80. The zero-order valence-corrected chi connectivity index (χ0v) is 13.2. The van der Waals surface area contributed by atoms with Gasteiger partial charge in [-0.3, -0.25) is 14.8 Å². The van der Waals surface area contributed by atoms with Crippen LogP contribution in [0.1, 0.15) is 28.2 Å². The minimum Gasteiger partial charge on any atom is -0.306 e. The van der Waals surface area contributed by atoms with E-state index in [1.807, 2.05) is 35.4 Å². The van der Waals surface area contributed by atoms with Gasteiger partial charge in [0.05, 0.1) is 4.88 Å². The van der Waals surface area contributed by atoms with Gasteiger partial charge in [0.15, 0.2) is 5.82 Å². The SMILES string of the molecule is Cc1cc(N(C(=O)c2cccs2)C2CCN(C)CC2)n[nH]1. The van der Waals surface area contributed by atoms with Gasteiger partial charge in [0.25, 0.3) is 5.91 Å². The maximum atomic E-state index is 12.9. The summed E-state index contributed by atoms with van der Waals surface area (Å²) in [6.07, 6.45) is 1.97. The summed E-state index contributed by atoms with van der Waals surface area (Å²) in [6.45, 7) is 3.99. The Morgan fingerprint density at radius 3 is 2.81 bits per heavy atom. The molecule has 1 aliphatic rings. The minimum absolute atomic E-state index is 0.0612. The van der Waals surface area contributed by atoms with Crippen LogP contribution in [-0.4, -0.2) is 47.2 Å². The fraction of sp³-hybridized carbons (Fsp3) is 0.467. The summed E-state index contributed by atoms with van der Waals surface area (Å²) in [5, 5.41) is 9.20. The molecule has 0 aliphatic carbocycles. The number of nitrogens with one attached hydrogen (secondary N) is 1. The van der Waals surface area contributed by atoms with Crippen molar-refractivity contribution < 1.29 is 4.79 Å². The van der Waals surface area contributed by atoms with Crippen LogP contribution in [0, 0.1) is 6.92 Å². The Morgan fingerprint density at radius 1 is 1.48 bits per heavy atom. The van der Waals surface area contributed by atoms with E-state index in [1.54, 1.807) is 0 Å². The van der Waals surface area contributed by atoms with Crippen LogP contribution < -0.4 is 4.90 Å². The molecule has 5 nitrogen and oxygen atoms in total. The Bertz CT molecular complexity index is 599. The van der Waals surface area contributed by atoms with Gasteiger partial charge >= 0.3 is 0 Å². The van der Waals surface area contributed by atoms with E-state index in [-0.39, 0.29) is 11.9 Å². The summed E-state index contributed by atoms with van der Waals surface area (Å²) in [7, 11) is 2.13. The average molecular weight is 304 g/mol. The zero-order chi connectivity index (χ0) is 14.8. The highest BCUT2D eigenvalue weighted by atomic mass is 32.1. The molecule has 3 rings (SSSR count). The number of thiophene rings is 1. The molecule has 1 N–H and O–H groups in total. The van der Waals surface area contributed by atoms with Crippen molar-refractivity contribution in [3.8, 4) is 0 Å². The van der Waals surface area contributed by atoms with Crippen LogP contribution in [0.5, 0.6) is 0 Å². The van der Waals surface area contributed by atoms with Crippen LogP contribution in [0.2, 0.25) is 0 Å². The first-order chi connectivity index (χ1) is 10.1. The number of aromatic amines is 1. The predicted octanol–water partition coefficient (Wildman–Crippen LogP) is 2.52. The maximum Gasteiger partial charge on any atom is 0.269 e. The molecule has 2 aromatic heterocycles. The van der Waals surface area contributed by atoms with Gasteiger partial charge in [-0.15, -0.1) is 11.3 Å². The van der Waals surface area contributed by atoms with Crippen molar-refractivity contribution in [1.82, 2.24) is 15.1 Å². The number of H-pyrrole nitrogens is 1. The highest BCUT2D eigenvalue weighted by Gasteiger charge is 2.30. The van der Waals surface area contributed by atoms with Gasteiger partial charge in [-0.05, 0) is 51.3 Å². The van der Waals surface area contributed by atoms with Gasteiger partial charge in [-0.2, -0.15) is 5.10 Å². The second kappa shape index (κ2) is 5.99. The summed E-state index contributed by atoms with van der Waals surface area (Å²) in [5.74, 6) is 0.798. The van der Waals surface area contributed by atoms with E-state index in [9.17, 15) is 4.79 Å². The second-order valence-electron chi connectivity index (χ2n) is 5.60. The Balaban J connectivity index is 1.89. The van der Waals surface area contributed by atoms with Crippen molar-refractivity contribution in [3.63, 3.8) is 0 Å². The zero-order valence-electron chi connectivity index (χ0n) is 12.4. The molecular formula is C15H20N4OS. The third kappa shape index (κ3) is 3.01. The lowest BCUT2D eigenvalue weighted by molar-refractivity contribution is 0.0966. The normalized spacial score (nSPS) is 17.0. The number of hydrogen-bond donors (Lipinski definition) is 1. The van der Waals surface area contributed by atoms with Crippen LogP contribution >= 0.6 is 11.3 Å². The summed E-state index contributed by atoms with van der Waals surface area (Å²) >= 11 is 1.49. The molecule has 0 unspecified atom stereocenters. The number of piperidine rings is 1. The first-order valence-electron chi connectivity index (χ1n) is 7.23. The summed E-state index contributed by atoms with van der Waals surface area (Å²) in [6, 6.07) is 5.97. The van der Waals surface area contributed by atoms with Crippen LogP contribution in [0.25, 0.3) is 0 Å². The van der Waals surface area contributed by atoms with E-state index in [2.05, 4.69) is 22.1 Å². The summed E-state index contributed by atoms with van der Waals surface area (Å²) in [5.41, 5.74) is 0.974. The second-order valence-corrected chi connectivity index (χ2v) is 6.54. The lowest BCUT2D eigenvalue weighted by atomic mass is 10.0. The lowest BCUT2D eigenvalue weighted by Gasteiger charge is -2.35. The number of aryl methyl sites for hydroxylation is 1. The predicted molar refractivity (Wildman–Crippen MR) is 85.0 cm³/mol. The first-order valence-corrected chi connectivity index (χ1v) is 8.11. The number of hydrogen-bond acceptors (Lipinski definition) is 4. The van der Waals surface area contributed by atoms with Crippen molar-refractivity contribution in [3.05, 3.63) is 34.2 Å². The van der Waals surface area contributed by atoms with E-state index in [0.29, 0.717) is 0 Å². The molecule has 6 heteroatoms. The highest BCUT2D eigenvalue weighted by molar-refractivity contribution is 7.12. The molecule has 1 saturated heterocycles. The van der Waals surface area contributed by atoms with E-state index >= 15 is 0 Å². The molecule has 1 amide bonds. The standard InChI is InChI=1S/C15H20N4OS/c1-11-10-14(17-16-11)19(12-5-7-18(2)8-6-12)15(20)13-4-3-9-21-13/h3-4,9-10,12H,5-8H2,1-2H3,(H,16,17). The Hall–Kier alpha value is -1.66. The van der Waals surface area contributed by atoms with Gasteiger partial charge in [0.1, 0.15) is 0 Å². The number of rotatable bonds is 3. The molecule has 0 radical (unpaired) electrons. The smallest absolute Gasteiger partial charge is 0.269 e.